The van der Waals surface area contributed by atoms with Crippen molar-refractivity contribution < 1.29 is 19.2 Å². The van der Waals surface area contributed by atoms with Crippen molar-refractivity contribution in [2.45, 2.75) is 0 Å². The minimum absolute atomic E-state index is 0.0170. The summed E-state index contributed by atoms with van der Waals surface area (Å²) >= 11 is 0. The predicted octanol–water partition coefficient (Wildman–Crippen LogP) is 4.41. The van der Waals surface area contributed by atoms with E-state index in [-0.39, 0.29) is 17.0 Å². The third-order valence-corrected chi connectivity index (χ3v) is 3.92. The highest BCUT2D eigenvalue weighted by atomic mass is 16.6. The SMILES string of the molecule is CNC(=O)c1ccc(Oc2ccc(Oc3ccc(C#N)cc3)cc2)c([N+](=O)[O-])c1. The average molecular weight is 389 g/mol. The molecule has 0 aliphatic rings. The average Bonchev–Trinajstić information content (AvgIpc) is 2.75. The zero-order chi connectivity index (χ0) is 20.8. The number of ether oxygens (including phenoxy) is 2. The maximum atomic E-state index is 11.7. The van der Waals surface area contributed by atoms with Gasteiger partial charge in [-0.25, -0.2) is 0 Å². The second-order valence-electron chi connectivity index (χ2n) is 5.83. The number of carbonyl (C=O) groups excluding carboxylic acids is 1. The quantitative estimate of drug-likeness (QED) is 0.493. The summed E-state index contributed by atoms with van der Waals surface area (Å²) in [6, 6.07) is 19.2. The van der Waals surface area contributed by atoms with Crippen LogP contribution in [0.3, 0.4) is 0 Å². The van der Waals surface area contributed by atoms with Crippen LogP contribution in [0.2, 0.25) is 0 Å². The molecule has 1 N–H and O–H groups in total. The number of nitrogens with one attached hydrogen (secondary N) is 1. The number of nitrogens with zero attached hydrogens (tertiary/aromatic N) is 2. The molecule has 144 valence electrons. The van der Waals surface area contributed by atoms with E-state index < -0.39 is 10.8 Å². The molecule has 0 atom stereocenters. The summed E-state index contributed by atoms with van der Waals surface area (Å²) < 4.78 is 11.3. The third-order valence-electron chi connectivity index (χ3n) is 3.92. The number of hydrogen-bond donors (Lipinski definition) is 1. The van der Waals surface area contributed by atoms with Crippen LogP contribution in [-0.4, -0.2) is 17.9 Å². The maximum absolute atomic E-state index is 11.7. The molecule has 0 aromatic heterocycles. The van der Waals surface area contributed by atoms with Gasteiger partial charge in [-0.15, -0.1) is 0 Å². The van der Waals surface area contributed by atoms with E-state index >= 15 is 0 Å². The summed E-state index contributed by atoms with van der Waals surface area (Å²) in [6.45, 7) is 0. The van der Waals surface area contributed by atoms with Crippen molar-refractivity contribution in [2.24, 2.45) is 0 Å². The number of amides is 1. The van der Waals surface area contributed by atoms with E-state index in [2.05, 4.69) is 5.32 Å². The molecule has 0 aliphatic heterocycles. The van der Waals surface area contributed by atoms with Crippen LogP contribution in [0.15, 0.2) is 66.7 Å². The Labute approximate surface area is 166 Å². The molecule has 8 nitrogen and oxygen atoms in total. The van der Waals surface area contributed by atoms with Crippen LogP contribution in [0.5, 0.6) is 23.0 Å². The van der Waals surface area contributed by atoms with Crippen LogP contribution in [0.4, 0.5) is 5.69 Å². The van der Waals surface area contributed by atoms with Crippen molar-refractivity contribution in [2.75, 3.05) is 7.05 Å². The Morgan fingerprint density at radius 2 is 1.52 bits per heavy atom. The van der Waals surface area contributed by atoms with Gasteiger partial charge in [-0.1, -0.05) is 0 Å². The zero-order valence-corrected chi connectivity index (χ0v) is 15.3. The molecule has 3 aromatic carbocycles. The van der Waals surface area contributed by atoms with Crippen LogP contribution < -0.4 is 14.8 Å². The zero-order valence-electron chi connectivity index (χ0n) is 15.3. The molecule has 0 radical (unpaired) electrons. The van der Waals surface area contributed by atoms with Gasteiger partial charge in [0.1, 0.15) is 17.2 Å². The molecular formula is C21H15N3O5. The van der Waals surface area contributed by atoms with Gasteiger partial charge in [0.05, 0.1) is 16.6 Å². The molecule has 0 saturated heterocycles. The second-order valence-corrected chi connectivity index (χ2v) is 5.83. The molecule has 29 heavy (non-hydrogen) atoms. The molecule has 0 bridgehead atoms. The number of nitro groups is 1. The summed E-state index contributed by atoms with van der Waals surface area (Å²) in [7, 11) is 1.44. The summed E-state index contributed by atoms with van der Waals surface area (Å²) in [6.07, 6.45) is 0. The third kappa shape index (κ3) is 4.67. The smallest absolute Gasteiger partial charge is 0.312 e. The maximum Gasteiger partial charge on any atom is 0.312 e. The Hall–Kier alpha value is -4.38. The minimum Gasteiger partial charge on any atom is -0.457 e. The largest absolute Gasteiger partial charge is 0.457 e. The molecule has 3 aromatic rings. The number of carbonyl (C=O) groups is 1. The molecule has 0 heterocycles. The Morgan fingerprint density at radius 1 is 0.966 bits per heavy atom. The van der Waals surface area contributed by atoms with E-state index in [1.165, 1.54) is 19.2 Å². The second kappa shape index (κ2) is 8.54. The highest BCUT2D eigenvalue weighted by molar-refractivity contribution is 5.95. The lowest BCUT2D eigenvalue weighted by Crippen LogP contribution is -2.17. The van der Waals surface area contributed by atoms with Crippen molar-refractivity contribution >= 4 is 11.6 Å². The Balaban J connectivity index is 1.76. The van der Waals surface area contributed by atoms with Gasteiger partial charge in [0, 0.05) is 18.7 Å². The minimum atomic E-state index is -0.607. The summed E-state index contributed by atoms with van der Waals surface area (Å²) in [4.78, 5) is 22.4. The van der Waals surface area contributed by atoms with Gasteiger partial charge in [-0.3, -0.25) is 14.9 Å². The predicted molar refractivity (Wildman–Crippen MR) is 104 cm³/mol. The summed E-state index contributed by atoms with van der Waals surface area (Å²) in [5.74, 6) is 1.06. The Bertz CT molecular complexity index is 1090. The van der Waals surface area contributed by atoms with Crippen LogP contribution in [0.1, 0.15) is 15.9 Å². The fourth-order valence-electron chi connectivity index (χ4n) is 2.47. The van der Waals surface area contributed by atoms with E-state index in [4.69, 9.17) is 14.7 Å². The van der Waals surface area contributed by atoms with E-state index in [9.17, 15) is 14.9 Å². The van der Waals surface area contributed by atoms with Gasteiger partial charge in [0.25, 0.3) is 5.91 Å². The van der Waals surface area contributed by atoms with E-state index in [0.29, 0.717) is 22.8 Å². The van der Waals surface area contributed by atoms with Crippen molar-refractivity contribution in [1.29, 1.82) is 5.26 Å². The molecular weight excluding hydrogens is 374 g/mol. The van der Waals surface area contributed by atoms with Crippen LogP contribution >= 0.6 is 0 Å². The first-order valence-corrected chi connectivity index (χ1v) is 8.46. The van der Waals surface area contributed by atoms with Gasteiger partial charge in [0.2, 0.25) is 5.75 Å². The number of nitro benzene ring substituents is 1. The fourth-order valence-corrected chi connectivity index (χ4v) is 2.47. The monoisotopic (exact) mass is 389 g/mol. The molecule has 1 amide bonds. The molecule has 8 heteroatoms. The van der Waals surface area contributed by atoms with Crippen molar-refractivity contribution in [1.82, 2.24) is 5.32 Å². The molecule has 0 spiro atoms. The van der Waals surface area contributed by atoms with Crippen LogP contribution in [0, 0.1) is 21.4 Å². The first kappa shape index (κ1) is 19.4. The number of hydrogen-bond acceptors (Lipinski definition) is 6. The first-order chi connectivity index (χ1) is 14.0. The molecule has 0 unspecified atom stereocenters. The first-order valence-electron chi connectivity index (χ1n) is 8.46. The molecule has 0 fully saturated rings. The fraction of sp³-hybridized carbons (Fsp3) is 0.0476. The normalized spacial score (nSPS) is 9.93. The standard InChI is InChI=1S/C21H15N3O5/c1-23-21(25)15-4-11-20(19(12-15)24(26)27)29-18-9-7-17(8-10-18)28-16-5-2-14(13-22)3-6-16/h2-12H,1H3,(H,23,25). The highest BCUT2D eigenvalue weighted by Crippen LogP contribution is 2.33. The van der Waals surface area contributed by atoms with E-state index in [1.807, 2.05) is 6.07 Å². The van der Waals surface area contributed by atoms with Gasteiger partial charge in [-0.2, -0.15) is 5.26 Å². The van der Waals surface area contributed by atoms with Crippen molar-refractivity contribution in [3.8, 4) is 29.1 Å². The topological polar surface area (TPSA) is 114 Å². The molecule has 0 saturated carbocycles. The lowest BCUT2D eigenvalue weighted by Gasteiger charge is -2.09. The summed E-state index contributed by atoms with van der Waals surface area (Å²) in [5.41, 5.74) is 0.381. The lowest BCUT2D eigenvalue weighted by atomic mass is 10.1. The molecule has 3 rings (SSSR count). The molecule has 0 aliphatic carbocycles. The van der Waals surface area contributed by atoms with Crippen LogP contribution in [0.25, 0.3) is 0 Å². The van der Waals surface area contributed by atoms with Crippen LogP contribution in [-0.2, 0) is 0 Å². The van der Waals surface area contributed by atoms with Gasteiger partial charge < -0.3 is 14.8 Å². The van der Waals surface area contributed by atoms with E-state index in [1.54, 1.807) is 48.5 Å². The number of rotatable bonds is 6. The number of nitriles is 1. The van der Waals surface area contributed by atoms with Gasteiger partial charge >= 0.3 is 5.69 Å². The Morgan fingerprint density at radius 3 is 2.03 bits per heavy atom. The van der Waals surface area contributed by atoms with Gasteiger partial charge in [0.15, 0.2) is 0 Å². The Kier molecular flexibility index (Phi) is 5.71. The van der Waals surface area contributed by atoms with Crippen molar-refractivity contribution in [3.63, 3.8) is 0 Å². The van der Waals surface area contributed by atoms with E-state index in [0.717, 1.165) is 6.07 Å². The number of benzene rings is 3. The van der Waals surface area contributed by atoms with Crippen molar-refractivity contribution in [3.05, 3.63) is 88.0 Å². The highest BCUT2D eigenvalue weighted by Gasteiger charge is 2.19. The van der Waals surface area contributed by atoms with Gasteiger partial charge in [-0.05, 0) is 60.7 Å². The summed E-state index contributed by atoms with van der Waals surface area (Å²) in [5, 5.41) is 22.6. The lowest BCUT2D eigenvalue weighted by molar-refractivity contribution is -0.385.